The van der Waals surface area contributed by atoms with E-state index in [1.807, 2.05) is 26.0 Å². The van der Waals surface area contributed by atoms with E-state index in [1.54, 1.807) is 24.3 Å². The minimum absolute atomic E-state index is 0.00391. The molecule has 17 heteroatoms. The minimum atomic E-state index is -3.94. The van der Waals surface area contributed by atoms with Crippen molar-refractivity contribution in [2.45, 2.75) is 107 Å². The van der Waals surface area contributed by atoms with Gasteiger partial charge >= 0.3 is 0 Å². The number of benzene rings is 3. The molecule has 4 aliphatic rings. The lowest BCUT2D eigenvalue weighted by Gasteiger charge is -2.30. The minimum Gasteiger partial charge on any atom is -0.491 e. The Bertz CT molecular complexity index is 2710. The molecule has 0 radical (unpaired) electrons. The third-order valence-corrected chi connectivity index (χ3v) is 13.9. The Labute approximate surface area is 362 Å². The molecule has 2 aliphatic heterocycles. The molecular weight excluding hydrogens is 835 g/mol. The van der Waals surface area contributed by atoms with Crippen LogP contribution in [0.2, 0.25) is 0 Å². The van der Waals surface area contributed by atoms with Gasteiger partial charge in [-0.1, -0.05) is 25.0 Å². The van der Waals surface area contributed by atoms with Crippen molar-refractivity contribution in [1.82, 2.24) is 24.9 Å². The Hall–Kier alpha value is -6.10. The first kappa shape index (κ1) is 42.2. The smallest absolute Gasteiger partial charge is 0.262 e. The molecule has 14 nitrogen and oxygen atoms in total. The van der Waals surface area contributed by atoms with Crippen molar-refractivity contribution in [3.63, 3.8) is 0 Å². The van der Waals surface area contributed by atoms with Gasteiger partial charge in [0.05, 0.1) is 17.9 Å². The highest BCUT2D eigenvalue weighted by Crippen LogP contribution is 2.46. The summed E-state index contributed by atoms with van der Waals surface area (Å²) in [7, 11) is -3.94. The van der Waals surface area contributed by atoms with Gasteiger partial charge < -0.3 is 29.4 Å². The van der Waals surface area contributed by atoms with Gasteiger partial charge in [0.2, 0.25) is 27.4 Å². The van der Waals surface area contributed by atoms with E-state index in [0.29, 0.717) is 65.6 Å². The summed E-state index contributed by atoms with van der Waals surface area (Å²) in [6.07, 6.45) is 7.25. The Morgan fingerprint density at radius 2 is 1.73 bits per heavy atom. The van der Waals surface area contributed by atoms with Crippen LogP contribution in [0.25, 0.3) is 33.5 Å². The number of nitrogens with zero attached hydrogens (tertiary/aromatic N) is 3. The molecule has 3 aromatic carbocycles. The lowest BCUT2D eigenvalue weighted by atomic mass is 10.0. The second-order valence-electron chi connectivity index (χ2n) is 17.2. The standard InChI is InChI=1S/C46H48F2N6O8S/c1-26(2)60-32-17-10-27(11-18-32)41-50-39-35-22-30(48)14-21-38(35)62-40(39)43(51-41)61-33-23-37-42(55)52-46(45(57)53-63(58,59)34-19-20-34)24-28(46)8-6-4-3-5-7-9-36(44(56)54(37)25-33)49-31-15-12-29(47)13-16-31/h6,8,10-18,21-22,26,28,33-34,36-37,49H,3-5,7,9,19-20,23-25H2,1-2H3,(H,52,55)(H,53,57)/b8-6-/t28-,33-,36+,37+,46-/m1/s1. The number of sulfonamides is 1. The second kappa shape index (κ2) is 16.9. The first-order chi connectivity index (χ1) is 30.3. The zero-order valence-corrected chi connectivity index (χ0v) is 35.6. The lowest BCUT2D eigenvalue weighted by Crippen LogP contribution is -2.57. The van der Waals surface area contributed by atoms with Crippen LogP contribution >= 0.6 is 0 Å². The first-order valence-corrected chi connectivity index (χ1v) is 23.0. The zero-order chi connectivity index (χ0) is 44.0. The van der Waals surface area contributed by atoms with Crippen molar-refractivity contribution < 1.29 is 45.5 Å². The van der Waals surface area contributed by atoms with E-state index in [-0.39, 0.29) is 42.8 Å². The number of carbonyl (C=O) groups excluding carboxylic acids is 3. The Kier molecular flexibility index (Phi) is 11.3. The van der Waals surface area contributed by atoms with Crippen LogP contribution in [-0.2, 0) is 24.4 Å². The number of nitrogens with one attached hydrogen (secondary N) is 3. The summed E-state index contributed by atoms with van der Waals surface area (Å²) in [6, 6.07) is 14.9. The molecule has 3 amide bonds. The lowest BCUT2D eigenvalue weighted by molar-refractivity contribution is -0.140. The number of allylic oxidation sites excluding steroid dienone is 1. The summed E-state index contributed by atoms with van der Waals surface area (Å²) in [4.78, 5) is 54.4. The van der Waals surface area contributed by atoms with Gasteiger partial charge in [-0.15, -0.1) is 0 Å². The summed E-state index contributed by atoms with van der Waals surface area (Å²) in [6.45, 7) is 3.75. The van der Waals surface area contributed by atoms with Crippen LogP contribution in [0.3, 0.4) is 0 Å². The number of fused-ring (bicyclic) bond motifs is 5. The number of amides is 3. The van der Waals surface area contributed by atoms with E-state index in [2.05, 4.69) is 15.4 Å². The van der Waals surface area contributed by atoms with Gasteiger partial charge in [-0.25, -0.2) is 22.2 Å². The van der Waals surface area contributed by atoms with Crippen molar-refractivity contribution in [2.24, 2.45) is 5.92 Å². The van der Waals surface area contributed by atoms with Crippen LogP contribution < -0.4 is 24.8 Å². The number of furan rings is 1. The third kappa shape index (κ3) is 8.92. The fourth-order valence-corrected chi connectivity index (χ4v) is 9.87. The van der Waals surface area contributed by atoms with Crippen molar-refractivity contribution in [3.8, 4) is 23.0 Å². The Balaban J connectivity index is 1.07. The zero-order valence-electron chi connectivity index (χ0n) is 34.8. The number of anilines is 1. The van der Waals surface area contributed by atoms with E-state index in [0.717, 1.165) is 12.8 Å². The number of aromatic nitrogens is 2. The fourth-order valence-electron chi connectivity index (χ4n) is 8.51. The van der Waals surface area contributed by atoms with Gasteiger partial charge in [-0.3, -0.25) is 19.1 Å². The van der Waals surface area contributed by atoms with Crippen molar-refractivity contribution in [2.75, 3.05) is 11.9 Å². The highest BCUT2D eigenvalue weighted by atomic mass is 32.2. The normalized spacial score (nSPS) is 24.8. The summed E-state index contributed by atoms with van der Waals surface area (Å²) in [5.41, 5.74) is 0.328. The molecule has 5 aromatic rings. The Morgan fingerprint density at radius 3 is 2.48 bits per heavy atom. The number of hydrogen-bond acceptors (Lipinski definition) is 11. The molecule has 2 aliphatic carbocycles. The molecule has 0 spiro atoms. The Morgan fingerprint density at radius 1 is 0.968 bits per heavy atom. The van der Waals surface area contributed by atoms with Gasteiger partial charge in [-0.2, -0.15) is 4.98 Å². The van der Waals surface area contributed by atoms with Gasteiger partial charge in [0, 0.05) is 29.0 Å². The molecule has 5 atom stereocenters. The predicted molar refractivity (Wildman–Crippen MR) is 230 cm³/mol. The van der Waals surface area contributed by atoms with E-state index >= 15 is 0 Å². The predicted octanol–water partition coefficient (Wildman–Crippen LogP) is 6.94. The molecule has 0 unspecified atom stereocenters. The highest BCUT2D eigenvalue weighted by Gasteiger charge is 2.62. The molecule has 9 rings (SSSR count). The maximum atomic E-state index is 14.8. The number of halogens is 2. The summed E-state index contributed by atoms with van der Waals surface area (Å²) in [5.74, 6) is -2.41. The molecule has 0 bridgehead atoms. The van der Waals surface area contributed by atoms with Crippen molar-refractivity contribution in [3.05, 3.63) is 90.5 Å². The largest absolute Gasteiger partial charge is 0.491 e. The van der Waals surface area contributed by atoms with Gasteiger partial charge in [0.25, 0.3) is 11.8 Å². The van der Waals surface area contributed by atoms with Gasteiger partial charge in [-0.05, 0) is 119 Å². The maximum absolute atomic E-state index is 14.8. The van der Waals surface area contributed by atoms with Gasteiger partial charge in [0.1, 0.15) is 52.2 Å². The van der Waals surface area contributed by atoms with Crippen LogP contribution in [-0.4, -0.2) is 82.6 Å². The average Bonchev–Trinajstić information content (AvgIpc) is 4.15. The van der Waals surface area contributed by atoms with Crippen LogP contribution in [0.15, 0.2) is 83.3 Å². The molecule has 2 saturated carbocycles. The summed E-state index contributed by atoms with van der Waals surface area (Å²) < 4.78 is 75.4. The van der Waals surface area contributed by atoms with E-state index < -0.39 is 74.3 Å². The van der Waals surface area contributed by atoms with Crippen molar-refractivity contribution >= 4 is 55.5 Å². The SMILES string of the molecule is CC(C)Oc1ccc(-c2nc(O[C@@H]3C[C@H]4C(=O)N[C@]5(C(=O)NS(=O)(=O)C6CC6)C[C@H]5/C=C\CCCCC[C@H](Nc5ccc(F)cc5)C(=O)N4C3)c3oc4ccc(F)cc4c3n2)cc1. The molecule has 3 fully saturated rings. The molecule has 63 heavy (non-hydrogen) atoms. The molecule has 1 saturated heterocycles. The molecule has 3 N–H and O–H groups in total. The molecular formula is C46H48F2N6O8S. The fraction of sp³-hybridized carbons (Fsp3) is 0.413. The topological polar surface area (TPSA) is 182 Å². The summed E-state index contributed by atoms with van der Waals surface area (Å²) >= 11 is 0. The average molecular weight is 883 g/mol. The molecule has 330 valence electrons. The van der Waals surface area contributed by atoms with E-state index in [1.165, 1.54) is 47.4 Å². The highest BCUT2D eigenvalue weighted by molar-refractivity contribution is 7.91. The van der Waals surface area contributed by atoms with Crippen molar-refractivity contribution in [1.29, 1.82) is 0 Å². The number of hydrogen-bond donors (Lipinski definition) is 3. The monoisotopic (exact) mass is 882 g/mol. The molecule has 4 heterocycles. The van der Waals surface area contributed by atoms with Crippen LogP contribution in [0.1, 0.15) is 71.6 Å². The van der Waals surface area contributed by atoms with Gasteiger partial charge in [0.15, 0.2) is 5.82 Å². The number of rotatable bonds is 10. The number of carbonyl (C=O) groups is 3. The third-order valence-electron chi connectivity index (χ3n) is 12.0. The quantitative estimate of drug-likeness (QED) is 0.124. The molecule has 2 aromatic heterocycles. The van der Waals surface area contributed by atoms with Crippen LogP contribution in [0.5, 0.6) is 11.6 Å². The second-order valence-corrected chi connectivity index (χ2v) is 19.1. The van der Waals surface area contributed by atoms with E-state index in [4.69, 9.17) is 23.9 Å². The maximum Gasteiger partial charge on any atom is 0.262 e. The van der Waals surface area contributed by atoms with Crippen LogP contribution in [0, 0.1) is 17.6 Å². The summed E-state index contributed by atoms with van der Waals surface area (Å²) in [5, 5.41) is 5.89. The van der Waals surface area contributed by atoms with E-state index in [9.17, 15) is 31.6 Å². The van der Waals surface area contributed by atoms with Crippen LogP contribution in [0.4, 0.5) is 14.5 Å². The number of ether oxygens (including phenoxy) is 2. The first-order valence-electron chi connectivity index (χ1n) is 21.5.